The quantitative estimate of drug-likeness (QED) is 0.822. The maximum Gasteiger partial charge on any atom is 0.115 e. The first kappa shape index (κ1) is 13.5. The van der Waals surface area contributed by atoms with Crippen molar-refractivity contribution in [3.63, 3.8) is 0 Å². The largest absolute Gasteiger partial charge is 0.508 e. The fraction of sp³-hybridized carbons (Fsp3) is 0.455. The van der Waals surface area contributed by atoms with Crippen LogP contribution < -0.4 is 0 Å². The van der Waals surface area contributed by atoms with Gasteiger partial charge in [0.25, 0.3) is 0 Å². The van der Waals surface area contributed by atoms with Crippen LogP contribution >= 0.6 is 0 Å². The summed E-state index contributed by atoms with van der Waals surface area (Å²) in [6, 6.07) is 7.46. The molecule has 0 saturated carbocycles. The van der Waals surface area contributed by atoms with Gasteiger partial charge in [-0.25, -0.2) is 0 Å². The average molecular weight is 391 g/mol. The summed E-state index contributed by atoms with van der Waals surface area (Å²) < 4.78 is 0. The van der Waals surface area contributed by atoms with Crippen LogP contribution in [0.4, 0.5) is 0 Å². The number of hydrogen-bond donors (Lipinski definition) is 1. The van der Waals surface area contributed by atoms with E-state index in [0.29, 0.717) is 5.75 Å². The van der Waals surface area contributed by atoms with Gasteiger partial charge in [0.2, 0.25) is 0 Å². The molecule has 0 atom stereocenters. The monoisotopic (exact) mass is 391 g/mol. The molecule has 2 heteroatoms. The zero-order valence-corrected chi connectivity index (χ0v) is 13.3. The molecule has 0 bridgehead atoms. The normalized spacial score (nSPS) is 10.7. The summed E-state index contributed by atoms with van der Waals surface area (Å²) in [6.45, 7) is 6.59. The third-order valence-corrected chi connectivity index (χ3v) is 2.53. The Morgan fingerprint density at radius 2 is 1.62 bits per heavy atom. The molecule has 1 nitrogen and oxygen atoms in total. The van der Waals surface area contributed by atoms with Crippen LogP contribution in [0.25, 0.3) is 0 Å². The molecule has 0 spiro atoms. The summed E-state index contributed by atoms with van der Waals surface area (Å²) in [5, 5.41) is 9.10. The Hall–Kier alpha value is 0.462. The van der Waals surface area contributed by atoms with Crippen LogP contribution in [0, 0.1) is 44.1 Å². The van der Waals surface area contributed by atoms with Gasteiger partial charge >= 0.3 is 0 Å². The molecular formula is C11H16AcO. The number of phenolic OH excluding ortho intramolecular Hbond substituents is 1. The summed E-state index contributed by atoms with van der Waals surface area (Å²) in [5.41, 5.74) is 1.50. The third kappa shape index (κ3) is 3.60. The van der Waals surface area contributed by atoms with E-state index in [1.807, 2.05) is 12.1 Å². The Kier molecular flexibility index (Phi) is 5.56. The first-order chi connectivity index (χ1) is 5.56. The third-order valence-electron chi connectivity index (χ3n) is 2.53. The minimum atomic E-state index is 0. The van der Waals surface area contributed by atoms with Crippen LogP contribution in [0.3, 0.4) is 0 Å². The van der Waals surface area contributed by atoms with Crippen LogP contribution in [-0.2, 0) is 5.41 Å². The van der Waals surface area contributed by atoms with Crippen molar-refractivity contribution in [1.29, 1.82) is 0 Å². The van der Waals surface area contributed by atoms with E-state index in [4.69, 9.17) is 5.11 Å². The van der Waals surface area contributed by atoms with Crippen molar-refractivity contribution >= 4 is 0 Å². The van der Waals surface area contributed by atoms with Crippen molar-refractivity contribution in [2.75, 3.05) is 0 Å². The predicted octanol–water partition coefficient (Wildman–Crippen LogP) is 3.08. The summed E-state index contributed by atoms with van der Waals surface area (Å²) in [7, 11) is 0. The molecule has 0 aliphatic heterocycles. The van der Waals surface area contributed by atoms with Crippen molar-refractivity contribution in [3.05, 3.63) is 29.8 Å². The summed E-state index contributed by atoms with van der Waals surface area (Å²) in [5.74, 6) is 0.339. The van der Waals surface area contributed by atoms with Crippen LogP contribution in [0.1, 0.15) is 32.8 Å². The summed E-state index contributed by atoms with van der Waals surface area (Å²) >= 11 is 0. The molecule has 1 radical (unpaired) electrons. The molecule has 0 fully saturated rings. The Morgan fingerprint density at radius 1 is 1.15 bits per heavy atom. The average Bonchev–Trinajstić information content (AvgIpc) is 2.05. The smallest absolute Gasteiger partial charge is 0.115 e. The second-order valence-corrected chi connectivity index (χ2v) is 3.78. The van der Waals surface area contributed by atoms with Gasteiger partial charge in [-0.3, -0.25) is 0 Å². The Labute approximate surface area is 116 Å². The van der Waals surface area contributed by atoms with Gasteiger partial charge in [0.1, 0.15) is 5.75 Å². The van der Waals surface area contributed by atoms with Crippen molar-refractivity contribution < 1.29 is 49.2 Å². The number of rotatable bonds is 2. The Balaban J connectivity index is 0.00000144. The maximum absolute atomic E-state index is 9.10. The summed E-state index contributed by atoms with van der Waals surface area (Å²) in [6.07, 6.45) is 1.11. The van der Waals surface area contributed by atoms with E-state index in [0.717, 1.165) is 6.42 Å². The molecule has 13 heavy (non-hydrogen) atoms. The van der Waals surface area contributed by atoms with Gasteiger partial charge in [0.05, 0.1) is 0 Å². The predicted molar refractivity (Wildman–Crippen MR) is 51.4 cm³/mol. The zero-order chi connectivity index (χ0) is 9.19. The van der Waals surface area contributed by atoms with Crippen LogP contribution in [0.15, 0.2) is 24.3 Å². The van der Waals surface area contributed by atoms with Gasteiger partial charge in [0.15, 0.2) is 0 Å². The second kappa shape index (κ2) is 5.37. The molecular weight excluding hydrogens is 375 g/mol. The Bertz CT molecular complexity index is 251. The van der Waals surface area contributed by atoms with E-state index in [-0.39, 0.29) is 49.5 Å². The van der Waals surface area contributed by atoms with E-state index in [2.05, 4.69) is 20.8 Å². The molecule has 0 aliphatic carbocycles. The van der Waals surface area contributed by atoms with Gasteiger partial charge in [-0.2, -0.15) is 0 Å². The standard InChI is InChI=1S/C11H16O.Ac/c1-4-11(2,3)9-5-7-10(12)8-6-9;/h5-8,12H,4H2,1-3H3;. The number of phenols is 1. The number of hydrogen-bond acceptors (Lipinski definition) is 1. The van der Waals surface area contributed by atoms with E-state index in [1.165, 1.54) is 5.56 Å². The minimum Gasteiger partial charge on any atom is -0.508 e. The molecule has 0 unspecified atom stereocenters. The van der Waals surface area contributed by atoms with E-state index in [9.17, 15) is 0 Å². The van der Waals surface area contributed by atoms with Gasteiger partial charge in [-0.15, -0.1) is 0 Å². The first-order valence-electron chi connectivity index (χ1n) is 4.36. The molecule has 1 aromatic rings. The van der Waals surface area contributed by atoms with E-state index in [1.54, 1.807) is 12.1 Å². The molecule has 0 heterocycles. The van der Waals surface area contributed by atoms with Crippen molar-refractivity contribution in [3.8, 4) is 5.75 Å². The van der Waals surface area contributed by atoms with Crippen molar-refractivity contribution in [1.82, 2.24) is 0 Å². The molecule has 0 amide bonds. The maximum atomic E-state index is 9.10. The van der Waals surface area contributed by atoms with E-state index >= 15 is 0 Å². The van der Waals surface area contributed by atoms with Gasteiger partial charge in [-0.05, 0) is 29.5 Å². The van der Waals surface area contributed by atoms with Crippen LogP contribution in [0.5, 0.6) is 5.75 Å². The van der Waals surface area contributed by atoms with Crippen LogP contribution in [0.2, 0.25) is 0 Å². The SMILES string of the molecule is CCC(C)(C)c1ccc(O)cc1.[Ac]. The molecule has 0 aromatic heterocycles. The second-order valence-electron chi connectivity index (χ2n) is 3.78. The fourth-order valence-corrected chi connectivity index (χ4v) is 1.12. The molecule has 69 valence electrons. The molecule has 0 aliphatic rings. The molecule has 0 saturated heterocycles. The van der Waals surface area contributed by atoms with E-state index < -0.39 is 0 Å². The van der Waals surface area contributed by atoms with Gasteiger partial charge in [0, 0.05) is 44.1 Å². The van der Waals surface area contributed by atoms with Crippen LogP contribution in [-0.4, -0.2) is 5.11 Å². The van der Waals surface area contributed by atoms with Crippen molar-refractivity contribution in [2.24, 2.45) is 0 Å². The number of benzene rings is 1. The fourth-order valence-electron chi connectivity index (χ4n) is 1.12. The minimum absolute atomic E-state index is 0. The summed E-state index contributed by atoms with van der Waals surface area (Å²) in [4.78, 5) is 0. The topological polar surface area (TPSA) is 20.2 Å². The van der Waals surface area contributed by atoms with Gasteiger partial charge < -0.3 is 5.11 Å². The van der Waals surface area contributed by atoms with Crippen molar-refractivity contribution in [2.45, 2.75) is 32.6 Å². The number of aromatic hydroxyl groups is 1. The molecule has 1 rings (SSSR count). The Morgan fingerprint density at radius 3 is 2.00 bits per heavy atom. The molecule has 1 N–H and O–H groups in total. The molecule has 1 aromatic carbocycles. The first-order valence-corrected chi connectivity index (χ1v) is 4.36. The van der Waals surface area contributed by atoms with Gasteiger partial charge in [-0.1, -0.05) is 32.9 Å². The zero-order valence-electron chi connectivity index (χ0n) is 8.54.